The van der Waals surface area contributed by atoms with Gasteiger partial charge in [0.1, 0.15) is 0 Å². The number of amides is 1. The summed E-state index contributed by atoms with van der Waals surface area (Å²) in [6.45, 7) is 11.8. The molecule has 24 heavy (non-hydrogen) atoms. The van der Waals surface area contributed by atoms with Crippen LogP contribution in [-0.2, 0) is 15.7 Å². The molecule has 0 aliphatic rings. The van der Waals surface area contributed by atoms with Crippen molar-refractivity contribution in [3.63, 3.8) is 0 Å². The lowest BCUT2D eigenvalue weighted by Gasteiger charge is -2.38. The molecule has 0 aliphatic heterocycles. The zero-order valence-corrected chi connectivity index (χ0v) is 16.7. The van der Waals surface area contributed by atoms with Crippen molar-refractivity contribution in [3.05, 3.63) is 35.9 Å². The highest BCUT2D eigenvalue weighted by atomic mass is 28.4. The summed E-state index contributed by atoms with van der Waals surface area (Å²) in [5, 5.41) is 9.73. The fraction of sp³-hybridized carbons (Fsp3) is 0.611. The Balaban J connectivity index is 2.87. The monoisotopic (exact) mass is 353 g/mol. The molecule has 0 aromatic heterocycles. The average molecular weight is 354 g/mol. The summed E-state index contributed by atoms with van der Waals surface area (Å²) in [4.78, 5) is 13.2. The summed E-state index contributed by atoms with van der Waals surface area (Å²) in [6, 6.07) is 9.26. The fourth-order valence-corrected chi connectivity index (χ4v) is 3.12. The highest BCUT2D eigenvalue weighted by Gasteiger charge is 2.38. The number of ether oxygens (including phenoxy) is 1. The van der Waals surface area contributed by atoms with E-state index in [9.17, 15) is 9.90 Å². The third-order valence-electron chi connectivity index (χ3n) is 4.68. The Kier molecular flexibility index (Phi) is 7.44. The first-order chi connectivity index (χ1) is 11.1. The maximum atomic E-state index is 11.8. The number of nitrogens with zero attached hydrogens (tertiary/aromatic N) is 1. The Hall–Kier alpha value is -1.37. The number of hydrogen-bond acceptors (Lipinski definition) is 3. The molecule has 1 aromatic rings. The van der Waals surface area contributed by atoms with E-state index in [1.165, 1.54) is 4.90 Å². The van der Waals surface area contributed by atoms with Crippen molar-refractivity contribution >= 4 is 14.4 Å². The Bertz CT molecular complexity index is 514. The van der Waals surface area contributed by atoms with Crippen LogP contribution < -0.4 is 0 Å². The molecule has 1 amide bonds. The topological polar surface area (TPSA) is 59.0 Å². The number of benzene rings is 1. The van der Waals surface area contributed by atoms with Crippen LogP contribution in [0.15, 0.2) is 30.3 Å². The van der Waals surface area contributed by atoms with Crippen molar-refractivity contribution in [1.82, 2.24) is 4.90 Å². The molecule has 0 aliphatic carbocycles. The second-order valence-corrected chi connectivity index (χ2v) is 12.4. The Morgan fingerprint density at radius 3 is 2.25 bits per heavy atom. The molecule has 0 unspecified atom stereocenters. The smallest absolute Gasteiger partial charge is 0.408 e. The number of methoxy groups -OCH3 is 1. The quantitative estimate of drug-likeness (QED) is 0.712. The van der Waals surface area contributed by atoms with Crippen LogP contribution in [-0.4, -0.2) is 50.8 Å². The van der Waals surface area contributed by atoms with E-state index in [0.717, 1.165) is 5.56 Å². The molecule has 5 nitrogen and oxygen atoms in total. The average Bonchev–Trinajstić information content (AvgIpc) is 2.49. The largest absolute Gasteiger partial charge is 0.465 e. The second kappa shape index (κ2) is 8.64. The molecule has 1 N–H and O–H groups in total. The zero-order chi connectivity index (χ0) is 18.4. The predicted octanol–water partition coefficient (Wildman–Crippen LogP) is 4.20. The number of hydrogen-bond donors (Lipinski definition) is 1. The van der Waals surface area contributed by atoms with E-state index < -0.39 is 14.4 Å². The Morgan fingerprint density at radius 1 is 1.21 bits per heavy atom. The fourth-order valence-electron chi connectivity index (χ4n) is 2.07. The third-order valence-corrected chi connectivity index (χ3v) is 9.18. The molecule has 0 saturated carbocycles. The van der Waals surface area contributed by atoms with Gasteiger partial charge in [0.25, 0.3) is 0 Å². The van der Waals surface area contributed by atoms with E-state index in [2.05, 4.69) is 33.9 Å². The van der Waals surface area contributed by atoms with Crippen molar-refractivity contribution in [2.75, 3.05) is 20.3 Å². The van der Waals surface area contributed by atoms with Gasteiger partial charge in [0.05, 0.1) is 19.3 Å². The van der Waals surface area contributed by atoms with E-state index in [-0.39, 0.29) is 11.1 Å². The van der Waals surface area contributed by atoms with Gasteiger partial charge >= 0.3 is 6.09 Å². The molecule has 136 valence electrons. The lowest BCUT2D eigenvalue weighted by molar-refractivity contribution is 0.0500. The molecule has 0 spiro atoms. The molecule has 0 saturated heterocycles. The summed E-state index contributed by atoms with van der Waals surface area (Å²) >= 11 is 0. The minimum Gasteiger partial charge on any atom is -0.465 e. The maximum absolute atomic E-state index is 11.8. The van der Waals surface area contributed by atoms with Crippen molar-refractivity contribution in [2.24, 2.45) is 0 Å². The van der Waals surface area contributed by atoms with Crippen LogP contribution in [0.2, 0.25) is 18.1 Å². The van der Waals surface area contributed by atoms with Crippen LogP contribution in [0, 0.1) is 0 Å². The second-order valence-electron chi connectivity index (χ2n) is 7.58. The van der Waals surface area contributed by atoms with Gasteiger partial charge in [0, 0.05) is 13.7 Å². The van der Waals surface area contributed by atoms with E-state index in [4.69, 9.17) is 9.16 Å². The summed E-state index contributed by atoms with van der Waals surface area (Å²) in [7, 11) is -0.359. The molecular weight excluding hydrogens is 322 g/mol. The molecule has 0 radical (unpaired) electrons. The van der Waals surface area contributed by atoms with Gasteiger partial charge in [-0.3, -0.25) is 4.90 Å². The zero-order valence-electron chi connectivity index (χ0n) is 15.7. The normalized spacial score (nSPS) is 13.6. The van der Waals surface area contributed by atoms with Gasteiger partial charge in [-0.25, -0.2) is 4.79 Å². The van der Waals surface area contributed by atoms with E-state index in [0.29, 0.717) is 19.8 Å². The van der Waals surface area contributed by atoms with Crippen LogP contribution in [0.3, 0.4) is 0 Å². The van der Waals surface area contributed by atoms with Gasteiger partial charge in [-0.15, -0.1) is 0 Å². The number of carboxylic acid groups (broad SMARTS) is 1. The van der Waals surface area contributed by atoms with Crippen LogP contribution in [0.5, 0.6) is 0 Å². The highest BCUT2D eigenvalue weighted by Crippen LogP contribution is 2.36. The lowest BCUT2D eigenvalue weighted by atomic mass is 10.2. The molecule has 1 rings (SSSR count). The van der Waals surface area contributed by atoms with Crippen molar-refractivity contribution in [1.29, 1.82) is 0 Å². The van der Waals surface area contributed by atoms with Gasteiger partial charge in [0.15, 0.2) is 8.32 Å². The van der Waals surface area contributed by atoms with E-state index in [1.807, 2.05) is 30.3 Å². The van der Waals surface area contributed by atoms with Gasteiger partial charge in [-0.1, -0.05) is 51.1 Å². The van der Waals surface area contributed by atoms with Crippen LogP contribution in [0.4, 0.5) is 4.79 Å². The molecule has 1 atom stereocenters. The Morgan fingerprint density at radius 2 is 1.79 bits per heavy atom. The standard InChI is InChI=1S/C18H31NO4Si/c1-18(2,3)24(5,6)23-14-16(13-22-4)19(17(20)21)12-15-10-8-7-9-11-15/h7-11,16H,12-14H2,1-6H3,(H,20,21)/t16-/m1/s1. The molecule has 1 aromatic carbocycles. The summed E-state index contributed by atoms with van der Waals surface area (Å²) in [6.07, 6.45) is -0.959. The van der Waals surface area contributed by atoms with Crippen LogP contribution in [0.25, 0.3) is 0 Å². The first-order valence-corrected chi connectivity index (χ1v) is 11.2. The summed E-state index contributed by atoms with van der Waals surface area (Å²) < 4.78 is 11.5. The van der Waals surface area contributed by atoms with Gasteiger partial charge in [-0.05, 0) is 23.7 Å². The van der Waals surface area contributed by atoms with E-state index >= 15 is 0 Å². The van der Waals surface area contributed by atoms with Crippen molar-refractivity contribution in [2.45, 2.75) is 51.5 Å². The predicted molar refractivity (Wildman–Crippen MR) is 98.8 cm³/mol. The minimum atomic E-state index is -1.94. The molecule has 0 fully saturated rings. The highest BCUT2D eigenvalue weighted by molar-refractivity contribution is 6.74. The summed E-state index contributed by atoms with van der Waals surface area (Å²) in [5.41, 5.74) is 0.952. The lowest BCUT2D eigenvalue weighted by Crippen LogP contribution is -2.49. The van der Waals surface area contributed by atoms with Gasteiger partial charge < -0.3 is 14.3 Å². The minimum absolute atomic E-state index is 0.0815. The van der Waals surface area contributed by atoms with Crippen molar-refractivity contribution in [3.8, 4) is 0 Å². The maximum Gasteiger partial charge on any atom is 0.408 e. The molecule has 0 bridgehead atoms. The molecule has 6 heteroatoms. The van der Waals surface area contributed by atoms with Crippen LogP contribution >= 0.6 is 0 Å². The van der Waals surface area contributed by atoms with Crippen molar-refractivity contribution < 1.29 is 19.1 Å². The third kappa shape index (κ3) is 5.92. The number of rotatable bonds is 8. The van der Waals surface area contributed by atoms with Crippen LogP contribution in [0.1, 0.15) is 26.3 Å². The first kappa shape index (κ1) is 20.7. The molecule has 0 heterocycles. The SMILES string of the molecule is COC[C@H](CO[Si](C)(C)C(C)(C)C)N(Cc1ccccc1)C(=O)O. The number of carbonyl (C=O) groups is 1. The molecular formula is C18H31NO4Si. The van der Waals surface area contributed by atoms with Gasteiger partial charge in [-0.2, -0.15) is 0 Å². The van der Waals surface area contributed by atoms with E-state index in [1.54, 1.807) is 7.11 Å². The summed E-state index contributed by atoms with van der Waals surface area (Å²) in [5.74, 6) is 0. The van der Waals surface area contributed by atoms with Gasteiger partial charge in [0.2, 0.25) is 0 Å². The first-order valence-electron chi connectivity index (χ1n) is 8.25. The Labute approximate surface area is 146 Å².